The summed E-state index contributed by atoms with van der Waals surface area (Å²) in [6.45, 7) is 6.86. The molecule has 12 heavy (non-hydrogen) atoms. The van der Waals surface area contributed by atoms with Crippen LogP contribution in [0.5, 0.6) is 0 Å². The van der Waals surface area contributed by atoms with Gasteiger partial charge in [-0.2, -0.15) is 0 Å². The molecule has 0 fully saturated rings. The van der Waals surface area contributed by atoms with E-state index in [-0.39, 0.29) is 0 Å². The third-order valence-electron chi connectivity index (χ3n) is 2.55. The quantitative estimate of drug-likeness (QED) is 0.644. The van der Waals surface area contributed by atoms with Crippen molar-refractivity contribution in [3.63, 3.8) is 0 Å². The molecule has 0 aromatic carbocycles. The van der Waals surface area contributed by atoms with Gasteiger partial charge < -0.3 is 0 Å². The summed E-state index contributed by atoms with van der Waals surface area (Å²) in [4.78, 5) is 0. The van der Waals surface area contributed by atoms with Crippen molar-refractivity contribution in [3.8, 4) is 0 Å². The number of hydrogen-bond acceptors (Lipinski definition) is 1. The molecule has 0 aliphatic heterocycles. The standard InChI is InChI=1S/3C3H7.CH3O.Sn/c3*1-3-2;1-2;/h3*1,3H2,2H3;1H3;/q;;;-1;+1. The molecule has 0 rings (SSSR count). The second kappa shape index (κ2) is 7.19. The Morgan fingerprint density at radius 1 is 0.833 bits per heavy atom. The van der Waals surface area contributed by atoms with Crippen LogP contribution in [0.2, 0.25) is 13.3 Å². The summed E-state index contributed by atoms with van der Waals surface area (Å²) in [6, 6.07) is 0. The van der Waals surface area contributed by atoms with Crippen molar-refractivity contribution in [3.05, 3.63) is 0 Å². The normalized spacial score (nSPS) is 12.0. The Hall–Kier alpha value is 0.759. The number of hydrogen-bond donors (Lipinski definition) is 0. The third kappa shape index (κ3) is 4.13. The fourth-order valence-electron chi connectivity index (χ4n) is 2.05. The van der Waals surface area contributed by atoms with Crippen LogP contribution in [0.4, 0.5) is 0 Å². The predicted molar refractivity (Wildman–Crippen MR) is 58.1 cm³/mol. The minimum atomic E-state index is -2.02. The molecule has 0 heterocycles. The summed E-state index contributed by atoms with van der Waals surface area (Å²) in [5.41, 5.74) is 0. The zero-order valence-corrected chi connectivity index (χ0v) is 12.0. The average Bonchev–Trinajstić information content (AvgIpc) is 2.06. The predicted octanol–water partition coefficient (Wildman–Crippen LogP) is 3.81. The summed E-state index contributed by atoms with van der Waals surface area (Å²) in [5, 5.41) is 0. The summed E-state index contributed by atoms with van der Waals surface area (Å²) < 4.78 is 10.1. The molecule has 0 amide bonds. The first-order chi connectivity index (χ1) is 5.74. The molecule has 0 saturated carbocycles. The SMILES string of the molecule is CC[CH2][Sn]([CH2]CC)([CH2]CC)[O]C. The van der Waals surface area contributed by atoms with Crippen molar-refractivity contribution in [1.29, 1.82) is 0 Å². The van der Waals surface area contributed by atoms with Crippen molar-refractivity contribution in [2.45, 2.75) is 53.3 Å². The Morgan fingerprint density at radius 3 is 1.33 bits per heavy atom. The molecule has 0 saturated heterocycles. The molecular formula is C10H24OSn. The van der Waals surface area contributed by atoms with Crippen molar-refractivity contribution in [2.75, 3.05) is 7.11 Å². The molecule has 0 atom stereocenters. The first kappa shape index (κ1) is 12.8. The summed E-state index contributed by atoms with van der Waals surface area (Å²) in [6.07, 6.45) is 3.97. The van der Waals surface area contributed by atoms with Crippen LogP contribution in [-0.4, -0.2) is 25.9 Å². The molecule has 0 unspecified atom stereocenters. The van der Waals surface area contributed by atoms with E-state index in [1.807, 2.05) is 7.11 Å². The van der Waals surface area contributed by atoms with E-state index in [9.17, 15) is 0 Å². The van der Waals surface area contributed by atoms with Crippen LogP contribution in [0.25, 0.3) is 0 Å². The molecule has 0 aromatic rings. The van der Waals surface area contributed by atoms with Crippen LogP contribution in [-0.2, 0) is 3.07 Å². The monoisotopic (exact) mass is 280 g/mol. The summed E-state index contributed by atoms with van der Waals surface area (Å²) in [5.74, 6) is 0. The number of rotatable bonds is 7. The van der Waals surface area contributed by atoms with Gasteiger partial charge in [0.05, 0.1) is 0 Å². The first-order valence-corrected chi connectivity index (χ1v) is 12.5. The second-order valence-corrected chi connectivity index (χ2v) is 15.8. The fourth-order valence-corrected chi connectivity index (χ4v) is 13.7. The minimum absolute atomic E-state index is 1.32. The maximum absolute atomic E-state index is 5.87. The second-order valence-electron chi connectivity index (χ2n) is 3.64. The summed E-state index contributed by atoms with van der Waals surface area (Å²) in [7, 11) is 1.96. The Morgan fingerprint density at radius 2 is 1.17 bits per heavy atom. The van der Waals surface area contributed by atoms with E-state index in [2.05, 4.69) is 20.8 Å². The van der Waals surface area contributed by atoms with Crippen molar-refractivity contribution in [2.24, 2.45) is 0 Å². The van der Waals surface area contributed by atoms with E-state index in [1.165, 1.54) is 32.6 Å². The topological polar surface area (TPSA) is 9.23 Å². The van der Waals surface area contributed by atoms with Gasteiger partial charge in [0.25, 0.3) is 0 Å². The van der Waals surface area contributed by atoms with Gasteiger partial charge in [0.15, 0.2) is 0 Å². The third-order valence-corrected chi connectivity index (χ3v) is 17.1. The van der Waals surface area contributed by atoms with E-state index in [1.54, 1.807) is 0 Å². The Kier molecular flexibility index (Phi) is 7.64. The van der Waals surface area contributed by atoms with Gasteiger partial charge in [-0.05, 0) is 0 Å². The van der Waals surface area contributed by atoms with E-state index in [4.69, 9.17) is 3.07 Å². The van der Waals surface area contributed by atoms with Gasteiger partial charge in [-0.1, -0.05) is 0 Å². The molecule has 0 aliphatic rings. The van der Waals surface area contributed by atoms with Crippen LogP contribution < -0.4 is 0 Å². The first-order valence-electron chi connectivity index (χ1n) is 5.29. The molecule has 0 N–H and O–H groups in total. The molecular weight excluding hydrogens is 255 g/mol. The average molecular weight is 279 g/mol. The molecule has 1 nitrogen and oxygen atoms in total. The van der Waals surface area contributed by atoms with Crippen molar-refractivity contribution >= 4 is 18.8 Å². The van der Waals surface area contributed by atoms with Gasteiger partial charge in [0.1, 0.15) is 0 Å². The Bertz CT molecular complexity index is 87.0. The Labute approximate surface area is 82.3 Å². The Balaban J connectivity index is 4.06. The van der Waals surface area contributed by atoms with E-state index in [0.717, 1.165) is 0 Å². The maximum atomic E-state index is 5.87. The van der Waals surface area contributed by atoms with Gasteiger partial charge in [-0.25, -0.2) is 0 Å². The zero-order valence-electron chi connectivity index (χ0n) is 9.15. The summed E-state index contributed by atoms with van der Waals surface area (Å²) >= 11 is -2.02. The van der Waals surface area contributed by atoms with E-state index in [0.29, 0.717) is 0 Å². The van der Waals surface area contributed by atoms with Gasteiger partial charge >= 0.3 is 82.3 Å². The van der Waals surface area contributed by atoms with Gasteiger partial charge in [-0.3, -0.25) is 0 Å². The van der Waals surface area contributed by atoms with Gasteiger partial charge in [-0.15, -0.1) is 0 Å². The van der Waals surface area contributed by atoms with Crippen LogP contribution in [0.1, 0.15) is 40.0 Å². The van der Waals surface area contributed by atoms with Crippen LogP contribution in [0.3, 0.4) is 0 Å². The molecule has 0 spiro atoms. The molecule has 0 bridgehead atoms. The van der Waals surface area contributed by atoms with Crippen molar-refractivity contribution < 1.29 is 3.07 Å². The van der Waals surface area contributed by atoms with Crippen LogP contribution in [0, 0.1) is 0 Å². The fraction of sp³-hybridized carbons (Fsp3) is 1.00. The molecule has 0 aliphatic carbocycles. The van der Waals surface area contributed by atoms with E-state index >= 15 is 0 Å². The van der Waals surface area contributed by atoms with Crippen LogP contribution >= 0.6 is 0 Å². The molecule has 2 heteroatoms. The van der Waals surface area contributed by atoms with E-state index < -0.39 is 18.8 Å². The van der Waals surface area contributed by atoms with Gasteiger partial charge in [0.2, 0.25) is 0 Å². The van der Waals surface area contributed by atoms with Gasteiger partial charge in [0, 0.05) is 0 Å². The molecule has 0 aromatic heterocycles. The molecule has 0 radical (unpaired) electrons. The van der Waals surface area contributed by atoms with Crippen molar-refractivity contribution in [1.82, 2.24) is 0 Å². The zero-order chi connectivity index (χ0) is 9.45. The molecule has 74 valence electrons. The van der Waals surface area contributed by atoms with Crippen LogP contribution in [0.15, 0.2) is 0 Å².